The molecular formula is C27H26FNO3. The fourth-order valence-corrected chi connectivity index (χ4v) is 4.98. The number of carbonyl (C=O) groups is 1. The molecule has 2 aliphatic heterocycles. The summed E-state index contributed by atoms with van der Waals surface area (Å²) in [4.78, 5) is 13.4. The van der Waals surface area contributed by atoms with Gasteiger partial charge in [0.2, 0.25) is 0 Å². The monoisotopic (exact) mass is 431 g/mol. The number of fused-ring (bicyclic) bond motifs is 1. The molecule has 0 spiro atoms. The lowest BCUT2D eigenvalue weighted by Gasteiger charge is -2.35. The van der Waals surface area contributed by atoms with Gasteiger partial charge in [-0.2, -0.15) is 0 Å². The van der Waals surface area contributed by atoms with Crippen molar-refractivity contribution < 1.29 is 19.0 Å². The van der Waals surface area contributed by atoms with Gasteiger partial charge in [-0.25, -0.2) is 4.39 Å². The van der Waals surface area contributed by atoms with Crippen molar-refractivity contribution in [2.75, 3.05) is 18.0 Å². The van der Waals surface area contributed by atoms with Gasteiger partial charge < -0.3 is 19.5 Å². The van der Waals surface area contributed by atoms with Crippen molar-refractivity contribution in [3.63, 3.8) is 0 Å². The largest absolute Gasteiger partial charge is 0.508 e. The second-order valence-electron chi connectivity index (χ2n) is 8.67. The van der Waals surface area contributed by atoms with E-state index in [-0.39, 0.29) is 23.4 Å². The van der Waals surface area contributed by atoms with E-state index in [4.69, 9.17) is 4.74 Å². The van der Waals surface area contributed by atoms with Gasteiger partial charge in [0.1, 0.15) is 17.9 Å². The summed E-state index contributed by atoms with van der Waals surface area (Å²) in [6, 6.07) is 20.5. The highest BCUT2D eigenvalue weighted by Gasteiger charge is 2.34. The third kappa shape index (κ3) is 3.89. The van der Waals surface area contributed by atoms with Crippen molar-refractivity contribution in [1.29, 1.82) is 0 Å². The first-order valence-corrected chi connectivity index (χ1v) is 11.1. The van der Waals surface area contributed by atoms with Gasteiger partial charge in [-0.3, -0.25) is 0 Å². The Morgan fingerprint density at radius 3 is 2.44 bits per heavy atom. The number of ether oxygens (including phenoxy) is 1. The highest BCUT2D eigenvalue weighted by molar-refractivity contribution is 5.56. The van der Waals surface area contributed by atoms with Gasteiger partial charge in [0, 0.05) is 36.2 Å². The molecule has 32 heavy (non-hydrogen) atoms. The number of anilines is 1. The summed E-state index contributed by atoms with van der Waals surface area (Å²) in [5.74, 6) is -0.102. The lowest BCUT2D eigenvalue weighted by Crippen LogP contribution is -2.34. The number of hydrogen-bond acceptors (Lipinski definition) is 4. The summed E-state index contributed by atoms with van der Waals surface area (Å²) in [6.07, 6.45) is 2.38. The number of piperidine rings is 1. The molecular weight excluding hydrogens is 405 g/mol. The van der Waals surface area contributed by atoms with Crippen LogP contribution in [0.2, 0.25) is 0 Å². The number of carbonyl (C=O) groups excluding carboxylic acids is 1. The van der Waals surface area contributed by atoms with E-state index in [0.29, 0.717) is 12.2 Å². The van der Waals surface area contributed by atoms with Gasteiger partial charge in [-0.1, -0.05) is 36.4 Å². The Balaban J connectivity index is 1.50. The average molecular weight is 432 g/mol. The van der Waals surface area contributed by atoms with Crippen LogP contribution in [0.25, 0.3) is 0 Å². The van der Waals surface area contributed by atoms with Crippen molar-refractivity contribution in [3.8, 4) is 5.75 Å². The van der Waals surface area contributed by atoms with Gasteiger partial charge in [0.15, 0.2) is 0 Å². The van der Waals surface area contributed by atoms with E-state index in [9.17, 15) is 14.3 Å². The molecule has 1 saturated heterocycles. The standard InChI is InChI=1S/C27H26FNO3/c28-25-4-2-1-3-24(25)27-26(23-10-9-22(31)15-20(23)17-32-27)19-5-7-21(8-6-19)29-13-11-18(16-30)12-14-29/h1-10,15-16,18,26-27,31H,11-14,17H2/t26-,27-/m0/s1. The lowest BCUT2D eigenvalue weighted by atomic mass is 9.79. The zero-order valence-electron chi connectivity index (χ0n) is 17.8. The first-order valence-electron chi connectivity index (χ1n) is 11.1. The second kappa shape index (κ2) is 8.75. The molecule has 0 amide bonds. The number of halogens is 1. The summed E-state index contributed by atoms with van der Waals surface area (Å²) >= 11 is 0. The first-order chi connectivity index (χ1) is 15.6. The summed E-state index contributed by atoms with van der Waals surface area (Å²) in [5.41, 5.74) is 4.67. The van der Waals surface area contributed by atoms with Crippen molar-refractivity contribution in [1.82, 2.24) is 0 Å². The van der Waals surface area contributed by atoms with Crippen molar-refractivity contribution in [3.05, 3.63) is 94.8 Å². The molecule has 2 atom stereocenters. The Morgan fingerprint density at radius 1 is 0.969 bits per heavy atom. The van der Waals surface area contributed by atoms with Crippen molar-refractivity contribution in [2.45, 2.75) is 31.5 Å². The number of aldehydes is 1. The maximum Gasteiger partial charge on any atom is 0.129 e. The average Bonchev–Trinajstić information content (AvgIpc) is 2.84. The van der Waals surface area contributed by atoms with Crippen LogP contribution in [0.15, 0.2) is 66.7 Å². The molecule has 2 heterocycles. The van der Waals surface area contributed by atoms with Crippen molar-refractivity contribution in [2.24, 2.45) is 5.92 Å². The number of phenolic OH excluding ortho intramolecular Hbond substituents is 1. The lowest BCUT2D eigenvalue weighted by molar-refractivity contribution is -0.111. The number of nitrogens with zero attached hydrogens (tertiary/aromatic N) is 1. The highest BCUT2D eigenvalue weighted by atomic mass is 19.1. The summed E-state index contributed by atoms with van der Waals surface area (Å²) in [6.45, 7) is 2.06. The third-order valence-corrected chi connectivity index (χ3v) is 6.74. The molecule has 5 heteroatoms. The molecule has 0 radical (unpaired) electrons. The van der Waals surface area contributed by atoms with Gasteiger partial charge >= 0.3 is 0 Å². The Hall–Kier alpha value is -3.18. The van der Waals surface area contributed by atoms with Crippen LogP contribution in [0.5, 0.6) is 5.75 Å². The van der Waals surface area contributed by atoms with Gasteiger partial charge in [-0.05, 0) is 59.9 Å². The number of phenols is 1. The summed E-state index contributed by atoms with van der Waals surface area (Å²) in [5, 5.41) is 9.95. The van der Waals surface area contributed by atoms with Crippen LogP contribution < -0.4 is 4.90 Å². The molecule has 0 aliphatic carbocycles. The molecule has 164 valence electrons. The predicted octanol–water partition coefficient (Wildman–Crippen LogP) is 5.35. The van der Waals surface area contributed by atoms with Crippen LogP contribution in [-0.2, 0) is 16.1 Å². The Morgan fingerprint density at radius 2 is 1.72 bits per heavy atom. The Kier molecular flexibility index (Phi) is 5.66. The zero-order chi connectivity index (χ0) is 22.1. The molecule has 4 nitrogen and oxygen atoms in total. The van der Waals surface area contributed by atoms with Crippen LogP contribution >= 0.6 is 0 Å². The summed E-state index contributed by atoms with van der Waals surface area (Å²) in [7, 11) is 0. The number of benzene rings is 3. The van der Waals surface area contributed by atoms with E-state index >= 15 is 0 Å². The smallest absolute Gasteiger partial charge is 0.129 e. The molecule has 3 aromatic rings. The maximum absolute atomic E-state index is 14.7. The van der Waals surface area contributed by atoms with E-state index in [1.54, 1.807) is 24.3 Å². The molecule has 0 saturated carbocycles. The number of aromatic hydroxyl groups is 1. The Bertz CT molecular complexity index is 1110. The normalized spacial score (nSPS) is 21.2. The quantitative estimate of drug-likeness (QED) is 0.566. The van der Waals surface area contributed by atoms with Gasteiger partial charge in [-0.15, -0.1) is 0 Å². The van der Waals surface area contributed by atoms with E-state index in [1.165, 1.54) is 6.07 Å². The molecule has 1 N–H and O–H groups in total. The summed E-state index contributed by atoms with van der Waals surface area (Å²) < 4.78 is 20.9. The van der Waals surface area contributed by atoms with Crippen LogP contribution in [0.1, 0.15) is 47.1 Å². The van der Waals surface area contributed by atoms with Crippen LogP contribution in [0.4, 0.5) is 10.1 Å². The molecule has 0 bridgehead atoms. The topological polar surface area (TPSA) is 49.8 Å². The molecule has 0 aromatic heterocycles. The molecule has 3 aromatic carbocycles. The van der Waals surface area contributed by atoms with E-state index in [1.807, 2.05) is 12.1 Å². The number of hydrogen-bond donors (Lipinski definition) is 1. The van der Waals surface area contributed by atoms with Crippen LogP contribution in [0.3, 0.4) is 0 Å². The van der Waals surface area contributed by atoms with Gasteiger partial charge in [0.05, 0.1) is 12.7 Å². The third-order valence-electron chi connectivity index (χ3n) is 6.74. The zero-order valence-corrected chi connectivity index (χ0v) is 17.8. The predicted molar refractivity (Wildman–Crippen MR) is 121 cm³/mol. The van der Waals surface area contributed by atoms with Crippen LogP contribution in [0, 0.1) is 11.7 Å². The minimum absolute atomic E-state index is 0.166. The minimum atomic E-state index is -0.456. The van der Waals surface area contributed by atoms with Crippen molar-refractivity contribution >= 4 is 12.0 Å². The SMILES string of the molecule is O=CC1CCN(c2ccc([C@H]3c4ccc(O)cc4CO[C@H]3c3ccccc3F)cc2)CC1. The number of rotatable bonds is 4. The molecule has 2 aliphatic rings. The Labute approximate surface area is 187 Å². The van der Waals surface area contributed by atoms with E-state index in [0.717, 1.165) is 54.6 Å². The van der Waals surface area contributed by atoms with E-state index < -0.39 is 6.10 Å². The first kappa shape index (κ1) is 20.7. The minimum Gasteiger partial charge on any atom is -0.508 e. The molecule has 0 unspecified atom stereocenters. The second-order valence-corrected chi connectivity index (χ2v) is 8.67. The maximum atomic E-state index is 14.7. The highest BCUT2D eigenvalue weighted by Crippen LogP contribution is 2.46. The van der Waals surface area contributed by atoms with Gasteiger partial charge in [0.25, 0.3) is 0 Å². The van der Waals surface area contributed by atoms with E-state index in [2.05, 4.69) is 29.2 Å². The fourth-order valence-electron chi connectivity index (χ4n) is 4.98. The van der Waals surface area contributed by atoms with Crippen LogP contribution in [-0.4, -0.2) is 24.5 Å². The molecule has 1 fully saturated rings. The fraction of sp³-hybridized carbons (Fsp3) is 0.296. The molecule has 5 rings (SSSR count).